The summed E-state index contributed by atoms with van der Waals surface area (Å²) in [6.07, 6.45) is -16.2. The molecule has 10 N–H and O–H groups in total. The Kier molecular flexibility index (Phi) is 17.1. The first kappa shape index (κ1) is 30.8. The molecule has 0 radical (unpaired) electrons. The van der Waals surface area contributed by atoms with E-state index in [1.54, 1.807) is 0 Å². The Bertz CT molecular complexity index is 385. The van der Waals surface area contributed by atoms with Gasteiger partial charge >= 0.3 is 16.5 Å². The Balaban J connectivity index is -0.000000411. The summed E-state index contributed by atoms with van der Waals surface area (Å²) in [5.74, 6) is -3.95. The maximum atomic E-state index is 9.98. The van der Waals surface area contributed by atoms with Crippen LogP contribution in [0.5, 0.6) is 0 Å². The van der Waals surface area contributed by atoms with Gasteiger partial charge in [-0.3, -0.25) is 0 Å². The number of hydrogen-bond acceptors (Lipinski definition) is 14. The van der Waals surface area contributed by atoms with Gasteiger partial charge in [0.2, 0.25) is 0 Å². The number of carbonyl (C=O) groups excluding carboxylic acids is 2. The largest absolute Gasteiger partial charge is 2.00 e. The van der Waals surface area contributed by atoms with Gasteiger partial charge in [0.1, 0.15) is 48.8 Å². The number of aliphatic hydroxyl groups excluding tert-OH is 10. The molecule has 0 aliphatic rings. The van der Waals surface area contributed by atoms with Crippen molar-refractivity contribution < 1.29 is 87.4 Å². The van der Waals surface area contributed by atoms with E-state index in [-0.39, 0.29) is 16.5 Å². The Morgan fingerprint density at radius 1 is 0.593 bits per heavy atom. The van der Waals surface area contributed by atoms with Crippen molar-refractivity contribution >= 4 is 11.9 Å². The van der Waals surface area contributed by atoms with E-state index in [1.165, 1.54) is 0 Å². The number of carboxylic acid groups (broad SMARTS) is 2. The molecule has 0 saturated heterocycles. The van der Waals surface area contributed by atoms with Crippen molar-refractivity contribution in [2.24, 2.45) is 0 Å². The van der Waals surface area contributed by atoms with E-state index < -0.39 is 74.0 Å². The minimum Gasteiger partial charge on any atom is -0.547 e. The summed E-state index contributed by atoms with van der Waals surface area (Å²) in [4.78, 5) is 20.0. The van der Waals surface area contributed by atoms with Gasteiger partial charge in [0.15, 0.2) is 0 Å². The molecule has 0 saturated carbocycles. The molecule has 0 aromatic carbocycles. The maximum absolute atomic E-state index is 9.98. The van der Waals surface area contributed by atoms with E-state index in [2.05, 4.69) is 0 Å². The summed E-state index contributed by atoms with van der Waals surface area (Å²) >= 11 is 0. The number of aliphatic carboxylic acids is 2. The van der Waals surface area contributed by atoms with Crippen LogP contribution in [-0.4, -0.2) is 125 Å². The van der Waals surface area contributed by atoms with Crippen LogP contribution in [0, 0.1) is 0 Å². The van der Waals surface area contributed by atoms with Crippen LogP contribution in [-0.2, 0) is 26.1 Å². The number of aliphatic hydroxyl groups is 10. The van der Waals surface area contributed by atoms with Crippen molar-refractivity contribution in [3.05, 3.63) is 0 Å². The van der Waals surface area contributed by atoms with Crippen LogP contribution < -0.4 is 10.2 Å². The molecule has 0 amide bonds. The van der Waals surface area contributed by atoms with Crippen LogP contribution in [0.1, 0.15) is 0 Å². The fraction of sp³-hybridized carbons (Fsp3) is 0.833. The second kappa shape index (κ2) is 15.0. The summed E-state index contributed by atoms with van der Waals surface area (Å²) in [6.45, 7) is -1.73. The first-order valence-electron chi connectivity index (χ1n) is 6.91. The molecule has 0 fully saturated rings. The van der Waals surface area contributed by atoms with E-state index in [1.807, 2.05) is 0 Å². The van der Waals surface area contributed by atoms with Crippen molar-refractivity contribution in [1.29, 1.82) is 0 Å². The third kappa shape index (κ3) is 10.8. The molecule has 15 heteroatoms. The average Bonchev–Trinajstić information content (AvgIpc) is 2.62. The maximum Gasteiger partial charge on any atom is 2.00 e. The number of carbonyl (C=O) groups is 2. The second-order valence-electron chi connectivity index (χ2n) is 4.99. The molecule has 0 heterocycles. The van der Waals surface area contributed by atoms with E-state index in [9.17, 15) is 19.8 Å². The molecule has 14 nitrogen and oxygen atoms in total. The van der Waals surface area contributed by atoms with Crippen molar-refractivity contribution in [3.63, 3.8) is 0 Å². The molecule has 164 valence electrons. The molecule has 27 heavy (non-hydrogen) atoms. The molecule has 0 aliphatic heterocycles. The Morgan fingerprint density at radius 3 is 0.963 bits per heavy atom. The van der Waals surface area contributed by atoms with Crippen molar-refractivity contribution in [2.75, 3.05) is 13.2 Å². The summed E-state index contributed by atoms with van der Waals surface area (Å²) < 4.78 is 0. The molecular weight excluding hydrogens is 427 g/mol. The molecule has 8 unspecified atom stereocenters. The summed E-state index contributed by atoms with van der Waals surface area (Å²) in [6, 6.07) is 0. The van der Waals surface area contributed by atoms with Crippen LogP contribution in [0.3, 0.4) is 0 Å². The number of hydrogen-bond donors (Lipinski definition) is 10. The Hall–Kier alpha value is -0.966. The number of rotatable bonds is 10. The van der Waals surface area contributed by atoms with Gasteiger partial charge in [-0.25, -0.2) is 0 Å². The minimum atomic E-state index is -2.31. The molecule has 0 aromatic rings. The smallest absolute Gasteiger partial charge is 0.547 e. The van der Waals surface area contributed by atoms with Gasteiger partial charge in [0.25, 0.3) is 0 Å². The van der Waals surface area contributed by atoms with Crippen molar-refractivity contribution in [2.45, 2.75) is 48.8 Å². The predicted molar refractivity (Wildman–Crippen MR) is 72.2 cm³/mol. The van der Waals surface area contributed by atoms with E-state index in [0.29, 0.717) is 0 Å². The van der Waals surface area contributed by atoms with Gasteiger partial charge in [0.05, 0.1) is 25.2 Å². The zero-order valence-electron chi connectivity index (χ0n) is 13.5. The molecular formula is C12H22NiO14. The second-order valence-corrected chi connectivity index (χ2v) is 4.99. The third-order valence-electron chi connectivity index (χ3n) is 2.99. The number of carboxylic acids is 2. The zero-order valence-corrected chi connectivity index (χ0v) is 14.4. The van der Waals surface area contributed by atoms with Gasteiger partial charge in [-0.15, -0.1) is 0 Å². The molecule has 0 aromatic heterocycles. The fourth-order valence-corrected chi connectivity index (χ4v) is 1.32. The SMILES string of the molecule is O=C([O-])C(O)C(O)C(O)C(O)CO.O=C([O-])C(O)C(O)C(O)C(O)CO.[Ni+2]. The first-order chi connectivity index (χ1) is 11.8. The van der Waals surface area contributed by atoms with Crippen molar-refractivity contribution in [3.8, 4) is 0 Å². The zero-order chi connectivity index (χ0) is 21.2. The molecule has 0 spiro atoms. The predicted octanol–water partition coefficient (Wildman–Crippen LogP) is -9.66. The monoisotopic (exact) mass is 448 g/mol. The van der Waals surface area contributed by atoms with E-state index in [4.69, 9.17) is 51.1 Å². The topological polar surface area (TPSA) is 283 Å². The summed E-state index contributed by atoms with van der Waals surface area (Å²) in [5, 5.41) is 107. The quantitative estimate of drug-likeness (QED) is 0.139. The first-order valence-corrected chi connectivity index (χ1v) is 6.91. The molecule has 0 bridgehead atoms. The van der Waals surface area contributed by atoms with Gasteiger partial charge in [-0.1, -0.05) is 0 Å². The van der Waals surface area contributed by atoms with E-state index >= 15 is 0 Å². The molecule has 8 atom stereocenters. The third-order valence-corrected chi connectivity index (χ3v) is 2.99. The average molecular weight is 449 g/mol. The van der Waals surface area contributed by atoms with Crippen LogP contribution in [0.2, 0.25) is 0 Å². The fourth-order valence-electron chi connectivity index (χ4n) is 1.32. The van der Waals surface area contributed by atoms with Gasteiger partial charge in [-0.05, 0) is 0 Å². The van der Waals surface area contributed by atoms with E-state index in [0.717, 1.165) is 0 Å². The summed E-state index contributed by atoms with van der Waals surface area (Å²) in [7, 11) is 0. The van der Waals surface area contributed by atoms with Crippen LogP contribution in [0.15, 0.2) is 0 Å². The van der Waals surface area contributed by atoms with Crippen molar-refractivity contribution in [1.82, 2.24) is 0 Å². The standard InChI is InChI=1S/2C6H12O7.Ni/c2*7-1-2(8)3(9)4(10)5(11)6(12)13;/h2*2-5,7-11H,1H2,(H,12,13);/q;;+2/p-2. The summed E-state index contributed by atoms with van der Waals surface area (Å²) in [5.41, 5.74) is 0. The van der Waals surface area contributed by atoms with Crippen LogP contribution >= 0.6 is 0 Å². The minimum absolute atomic E-state index is 0. The van der Waals surface area contributed by atoms with Crippen LogP contribution in [0.25, 0.3) is 0 Å². The Morgan fingerprint density at radius 2 is 0.815 bits per heavy atom. The normalized spacial score (nSPS) is 19.6. The molecule has 0 rings (SSSR count). The van der Waals surface area contributed by atoms with Gasteiger partial charge in [-0.2, -0.15) is 0 Å². The van der Waals surface area contributed by atoms with Gasteiger partial charge in [0, 0.05) is 0 Å². The van der Waals surface area contributed by atoms with Gasteiger partial charge < -0.3 is 70.9 Å². The van der Waals surface area contributed by atoms with Crippen LogP contribution in [0.4, 0.5) is 0 Å². The molecule has 0 aliphatic carbocycles. The Labute approximate surface area is 162 Å².